The third kappa shape index (κ3) is 4.56. The van der Waals surface area contributed by atoms with Gasteiger partial charge in [0.2, 0.25) is 0 Å². The maximum absolute atomic E-state index is 12.9. The van der Waals surface area contributed by atoms with Gasteiger partial charge in [-0.1, -0.05) is 41.9 Å². The molecule has 0 saturated heterocycles. The fourth-order valence-electron chi connectivity index (χ4n) is 1.74. The van der Waals surface area contributed by atoms with Crippen LogP contribution in [0.2, 0.25) is 5.02 Å². The fourth-order valence-corrected chi connectivity index (χ4v) is 2.01. The zero-order valence-electron chi connectivity index (χ0n) is 11.5. The Bertz CT molecular complexity index is 676. The molecule has 0 radical (unpaired) electrons. The lowest BCUT2D eigenvalue weighted by molar-refractivity contribution is 0.0974. The number of rotatable bonds is 5. The summed E-state index contributed by atoms with van der Waals surface area (Å²) in [6.07, 6.45) is -0.713. The highest BCUT2D eigenvalue weighted by Gasteiger charge is 2.13. The number of hydrogen-bond donors (Lipinski definition) is 1. The first-order chi connectivity index (χ1) is 10.6. The van der Waals surface area contributed by atoms with Crippen LogP contribution in [0.5, 0.6) is 0 Å². The number of amides is 1. The minimum absolute atomic E-state index is 0.00412. The van der Waals surface area contributed by atoms with Gasteiger partial charge in [0.15, 0.2) is 5.78 Å². The number of halogens is 2. The van der Waals surface area contributed by atoms with E-state index >= 15 is 0 Å². The predicted molar refractivity (Wildman–Crippen MR) is 80.4 cm³/mol. The average molecular weight is 322 g/mol. The Morgan fingerprint density at radius 1 is 1.14 bits per heavy atom. The van der Waals surface area contributed by atoms with Crippen LogP contribution in [0.3, 0.4) is 0 Å². The summed E-state index contributed by atoms with van der Waals surface area (Å²) in [6.45, 7) is -0.170. The molecular weight excluding hydrogens is 309 g/mol. The van der Waals surface area contributed by atoms with E-state index in [1.165, 1.54) is 6.07 Å². The van der Waals surface area contributed by atoms with E-state index < -0.39 is 17.7 Å². The Balaban J connectivity index is 1.82. The van der Waals surface area contributed by atoms with Crippen LogP contribution in [0.25, 0.3) is 0 Å². The highest BCUT2D eigenvalue weighted by atomic mass is 35.5. The molecule has 2 aromatic carbocycles. The van der Waals surface area contributed by atoms with Gasteiger partial charge in [-0.3, -0.25) is 4.79 Å². The Labute approximate surface area is 131 Å². The van der Waals surface area contributed by atoms with Crippen molar-refractivity contribution < 1.29 is 18.7 Å². The number of ketones is 1. The quantitative estimate of drug-likeness (QED) is 0.856. The summed E-state index contributed by atoms with van der Waals surface area (Å²) in [5.74, 6) is -0.960. The molecule has 2 aromatic rings. The molecule has 1 amide bonds. The average Bonchev–Trinajstić information content (AvgIpc) is 2.51. The van der Waals surface area contributed by atoms with Crippen molar-refractivity contribution in [2.75, 3.05) is 6.54 Å². The van der Waals surface area contributed by atoms with Crippen LogP contribution in [0.1, 0.15) is 15.9 Å². The van der Waals surface area contributed by atoms with Crippen LogP contribution in [0, 0.1) is 5.82 Å². The van der Waals surface area contributed by atoms with E-state index in [4.69, 9.17) is 16.3 Å². The molecule has 2 rings (SSSR count). The Hall–Kier alpha value is -2.40. The first-order valence-corrected chi connectivity index (χ1v) is 6.87. The molecule has 0 unspecified atom stereocenters. The van der Waals surface area contributed by atoms with Gasteiger partial charge in [-0.25, -0.2) is 9.18 Å². The monoisotopic (exact) mass is 321 g/mol. The molecular formula is C16H13ClFNO3. The van der Waals surface area contributed by atoms with E-state index in [-0.39, 0.29) is 23.7 Å². The second-order valence-electron chi connectivity index (χ2n) is 4.46. The molecule has 0 saturated carbocycles. The van der Waals surface area contributed by atoms with Crippen molar-refractivity contribution in [3.63, 3.8) is 0 Å². The van der Waals surface area contributed by atoms with E-state index in [0.29, 0.717) is 0 Å². The zero-order valence-corrected chi connectivity index (χ0v) is 12.3. The van der Waals surface area contributed by atoms with Crippen molar-refractivity contribution in [2.45, 2.75) is 6.61 Å². The summed E-state index contributed by atoms with van der Waals surface area (Å²) in [4.78, 5) is 23.4. The maximum atomic E-state index is 12.9. The molecule has 4 nitrogen and oxygen atoms in total. The van der Waals surface area contributed by atoms with Gasteiger partial charge < -0.3 is 10.1 Å². The summed E-state index contributed by atoms with van der Waals surface area (Å²) in [5, 5.41) is 2.33. The number of hydrogen-bond acceptors (Lipinski definition) is 3. The van der Waals surface area contributed by atoms with E-state index in [1.807, 2.05) is 30.3 Å². The fraction of sp³-hybridized carbons (Fsp3) is 0.125. The molecule has 0 heterocycles. The van der Waals surface area contributed by atoms with Gasteiger partial charge in [0.05, 0.1) is 11.6 Å². The molecule has 114 valence electrons. The highest BCUT2D eigenvalue weighted by Crippen LogP contribution is 2.17. The molecule has 0 spiro atoms. The van der Waals surface area contributed by atoms with E-state index in [1.54, 1.807) is 0 Å². The van der Waals surface area contributed by atoms with Crippen LogP contribution in [-0.2, 0) is 11.3 Å². The summed E-state index contributed by atoms with van der Waals surface area (Å²) in [6, 6.07) is 12.6. The van der Waals surface area contributed by atoms with Crippen molar-refractivity contribution >= 4 is 23.5 Å². The topological polar surface area (TPSA) is 55.4 Å². The minimum atomic E-state index is -0.713. The van der Waals surface area contributed by atoms with Gasteiger partial charge in [-0.05, 0) is 23.8 Å². The first-order valence-electron chi connectivity index (χ1n) is 6.49. The van der Waals surface area contributed by atoms with Crippen molar-refractivity contribution in [1.82, 2.24) is 5.32 Å². The number of benzene rings is 2. The normalized spacial score (nSPS) is 10.1. The van der Waals surface area contributed by atoms with Crippen LogP contribution in [0.15, 0.2) is 48.5 Å². The number of carbonyl (C=O) groups is 2. The van der Waals surface area contributed by atoms with Crippen molar-refractivity contribution in [3.05, 3.63) is 70.5 Å². The number of carbonyl (C=O) groups excluding carboxylic acids is 2. The molecule has 0 aromatic heterocycles. The van der Waals surface area contributed by atoms with E-state index in [2.05, 4.69) is 5.32 Å². The largest absolute Gasteiger partial charge is 0.445 e. The Morgan fingerprint density at radius 3 is 2.55 bits per heavy atom. The Morgan fingerprint density at radius 2 is 1.86 bits per heavy atom. The first kappa shape index (κ1) is 16.0. The summed E-state index contributed by atoms with van der Waals surface area (Å²) in [7, 11) is 0. The lowest BCUT2D eigenvalue weighted by Crippen LogP contribution is -2.30. The van der Waals surface area contributed by atoms with Crippen molar-refractivity contribution in [1.29, 1.82) is 0 Å². The maximum Gasteiger partial charge on any atom is 0.407 e. The van der Waals surface area contributed by atoms with Crippen molar-refractivity contribution in [2.24, 2.45) is 0 Å². The van der Waals surface area contributed by atoms with Gasteiger partial charge in [-0.2, -0.15) is 0 Å². The summed E-state index contributed by atoms with van der Waals surface area (Å²) in [5.41, 5.74) is 0.983. The number of Topliss-reactive ketones (excluding diaryl/α,β-unsaturated/α-hetero) is 1. The van der Waals surface area contributed by atoms with Gasteiger partial charge in [0, 0.05) is 5.56 Å². The number of ether oxygens (including phenoxy) is 1. The zero-order chi connectivity index (χ0) is 15.9. The molecule has 1 N–H and O–H groups in total. The van der Waals surface area contributed by atoms with E-state index in [0.717, 1.165) is 17.7 Å². The third-order valence-electron chi connectivity index (χ3n) is 2.84. The molecule has 0 bridgehead atoms. The summed E-state index contributed by atoms with van der Waals surface area (Å²) >= 11 is 5.78. The van der Waals surface area contributed by atoms with Crippen molar-refractivity contribution in [3.8, 4) is 0 Å². The molecule has 0 aliphatic carbocycles. The molecule has 6 heteroatoms. The van der Waals surface area contributed by atoms with Crippen LogP contribution < -0.4 is 5.32 Å². The standard InChI is InChI=1S/C16H13ClFNO3/c17-14-8-12(18)6-7-13(14)15(20)9-19-16(21)22-10-11-4-2-1-3-5-11/h1-8H,9-10H2,(H,19,21). The SMILES string of the molecule is O=C(NCC(=O)c1ccc(F)cc1Cl)OCc1ccccc1. The highest BCUT2D eigenvalue weighted by molar-refractivity contribution is 6.34. The van der Waals surface area contributed by atoms with Gasteiger partial charge >= 0.3 is 6.09 Å². The lowest BCUT2D eigenvalue weighted by Gasteiger charge is -2.07. The molecule has 0 aliphatic heterocycles. The number of nitrogens with one attached hydrogen (secondary N) is 1. The lowest BCUT2D eigenvalue weighted by atomic mass is 10.1. The van der Waals surface area contributed by atoms with Gasteiger partial charge in [-0.15, -0.1) is 0 Å². The van der Waals surface area contributed by atoms with Crippen LogP contribution in [0.4, 0.5) is 9.18 Å². The van der Waals surface area contributed by atoms with E-state index in [9.17, 15) is 14.0 Å². The minimum Gasteiger partial charge on any atom is -0.445 e. The predicted octanol–water partition coefficient (Wildman–Crippen LogP) is 3.59. The second-order valence-corrected chi connectivity index (χ2v) is 4.87. The summed E-state index contributed by atoms with van der Waals surface area (Å²) < 4.78 is 17.9. The Kier molecular flexibility index (Phi) is 5.49. The molecule has 0 fully saturated rings. The molecule has 22 heavy (non-hydrogen) atoms. The van der Waals surface area contributed by atoms with Gasteiger partial charge in [0.25, 0.3) is 0 Å². The third-order valence-corrected chi connectivity index (χ3v) is 3.15. The van der Waals surface area contributed by atoms with Crippen LogP contribution >= 0.6 is 11.6 Å². The van der Waals surface area contributed by atoms with Gasteiger partial charge in [0.1, 0.15) is 12.4 Å². The van der Waals surface area contributed by atoms with Crippen LogP contribution in [-0.4, -0.2) is 18.4 Å². The smallest absolute Gasteiger partial charge is 0.407 e. The second kappa shape index (κ2) is 7.56. The molecule has 0 aliphatic rings. The molecule has 0 atom stereocenters. The number of alkyl carbamates (subject to hydrolysis) is 1.